The van der Waals surface area contributed by atoms with Crippen LogP contribution in [-0.2, 0) is 18.9 Å². The van der Waals surface area contributed by atoms with Crippen LogP contribution in [0, 0.1) is 0 Å². The summed E-state index contributed by atoms with van der Waals surface area (Å²) < 4.78 is 22.5. The molecule has 0 aliphatic carbocycles. The predicted octanol–water partition coefficient (Wildman–Crippen LogP) is -3.68. The van der Waals surface area contributed by atoms with E-state index in [-0.39, 0.29) is 48.0 Å². The van der Waals surface area contributed by atoms with Gasteiger partial charge < -0.3 is 48.0 Å². The van der Waals surface area contributed by atoms with E-state index in [4.69, 9.17) is 18.9 Å². The van der Waals surface area contributed by atoms with Gasteiger partial charge in [0, 0.05) is 0 Å². The minimum Gasteiger partial charge on any atom is -1.00 e. The Morgan fingerprint density at radius 2 is 0.682 bits per heavy atom. The van der Waals surface area contributed by atoms with Gasteiger partial charge in [-0.05, 0) is 0 Å². The van der Waals surface area contributed by atoms with Crippen molar-refractivity contribution in [3.05, 3.63) is 0 Å². The van der Waals surface area contributed by atoms with Gasteiger partial charge in [-0.25, -0.2) is 0 Å². The van der Waals surface area contributed by atoms with Crippen molar-refractivity contribution in [1.29, 1.82) is 0 Å². The molecular formula is C14H30I2O4Se2. The van der Waals surface area contributed by atoms with E-state index < -0.39 is 27.8 Å². The summed E-state index contributed by atoms with van der Waals surface area (Å²) in [6.07, 6.45) is 0. The van der Waals surface area contributed by atoms with Gasteiger partial charge in [0.2, 0.25) is 0 Å². The summed E-state index contributed by atoms with van der Waals surface area (Å²) in [7, 11) is 0. The van der Waals surface area contributed by atoms with E-state index in [2.05, 4.69) is 11.6 Å². The molecule has 1 aliphatic rings. The molecule has 0 aromatic carbocycles. The normalized spacial score (nSPS) is 27.5. The molecule has 1 aliphatic heterocycles. The predicted molar refractivity (Wildman–Crippen MR) is 85.7 cm³/mol. The molecule has 0 atom stereocenters. The second-order valence-corrected chi connectivity index (χ2v) is 14.8. The molecular weight excluding hydrogens is 644 g/mol. The monoisotopic (exact) mass is 676 g/mol. The van der Waals surface area contributed by atoms with E-state index in [1.165, 1.54) is 21.3 Å². The van der Waals surface area contributed by atoms with Crippen LogP contribution in [0.4, 0.5) is 0 Å². The van der Waals surface area contributed by atoms with E-state index in [0.717, 1.165) is 52.9 Å². The van der Waals surface area contributed by atoms with Gasteiger partial charge in [0.15, 0.2) is 0 Å². The van der Waals surface area contributed by atoms with Crippen molar-refractivity contribution >= 4 is 27.8 Å². The van der Waals surface area contributed by atoms with Gasteiger partial charge in [-0.3, -0.25) is 0 Å². The average molecular weight is 674 g/mol. The Hall–Kier alpha value is 2.34. The van der Waals surface area contributed by atoms with Crippen molar-refractivity contribution < 1.29 is 66.9 Å². The number of rotatable bonds is 0. The summed E-state index contributed by atoms with van der Waals surface area (Å²) in [5, 5.41) is 4.90. The van der Waals surface area contributed by atoms with Crippen LogP contribution in [-0.4, -0.2) is 80.7 Å². The maximum Gasteiger partial charge on any atom is -1.00 e. The number of ether oxygens (including phenoxy) is 4. The van der Waals surface area contributed by atoms with Crippen molar-refractivity contribution in [2.24, 2.45) is 0 Å². The SMILES string of the molecule is C[Se+]1CCOCCOCC[Se+](C)CCOCCOCC1.[I-].[I-]. The van der Waals surface area contributed by atoms with Gasteiger partial charge in [-0.1, -0.05) is 0 Å². The van der Waals surface area contributed by atoms with Gasteiger partial charge in [0.25, 0.3) is 0 Å². The topological polar surface area (TPSA) is 36.9 Å². The van der Waals surface area contributed by atoms with Gasteiger partial charge in [0.05, 0.1) is 0 Å². The molecule has 1 heterocycles. The number of hydrogen-bond donors (Lipinski definition) is 0. The summed E-state index contributed by atoms with van der Waals surface area (Å²) in [5.74, 6) is 4.76. The number of halogens is 2. The molecule has 136 valence electrons. The fourth-order valence-electron chi connectivity index (χ4n) is 1.65. The summed E-state index contributed by atoms with van der Waals surface area (Å²) >= 11 is -1.04. The molecule has 1 fully saturated rings. The zero-order valence-electron chi connectivity index (χ0n) is 13.7. The van der Waals surface area contributed by atoms with Crippen LogP contribution >= 0.6 is 0 Å². The Labute approximate surface area is 178 Å². The van der Waals surface area contributed by atoms with Crippen LogP contribution in [0.25, 0.3) is 0 Å². The molecule has 0 aromatic rings. The molecule has 0 bridgehead atoms. The third kappa shape index (κ3) is 17.2. The Kier molecular flexibility index (Phi) is 23.7. The standard InChI is InChI=1S/C14H30O4Se2.2HI/c1-19-11-7-15-3-5-17-9-13-20(2)14-10-18-6-4-16-8-12-19;;/h3-14H2,1-2H3;2*1H/q+2;;/p-2. The molecule has 0 amide bonds. The van der Waals surface area contributed by atoms with Crippen LogP contribution < -0.4 is 48.0 Å². The fraction of sp³-hybridized carbons (Fsp3) is 1.00. The zero-order valence-corrected chi connectivity index (χ0v) is 21.4. The van der Waals surface area contributed by atoms with E-state index >= 15 is 0 Å². The fourth-order valence-corrected chi connectivity index (χ4v) is 5.89. The molecule has 0 radical (unpaired) electrons. The van der Waals surface area contributed by atoms with E-state index in [0.29, 0.717) is 0 Å². The number of hydrogen-bond acceptors (Lipinski definition) is 4. The van der Waals surface area contributed by atoms with E-state index in [1.807, 2.05) is 0 Å². The Bertz CT molecular complexity index is 187. The first-order valence-corrected chi connectivity index (χ1v) is 15.6. The Morgan fingerprint density at radius 1 is 0.455 bits per heavy atom. The summed E-state index contributed by atoms with van der Waals surface area (Å²) in [6.45, 7) is 6.52. The van der Waals surface area contributed by atoms with Crippen LogP contribution in [0.1, 0.15) is 0 Å². The molecule has 0 spiro atoms. The van der Waals surface area contributed by atoms with Gasteiger partial charge in [0.1, 0.15) is 0 Å². The first-order chi connectivity index (χ1) is 9.79. The molecule has 1 rings (SSSR count). The maximum atomic E-state index is 5.63. The Balaban J connectivity index is 0. The third-order valence-electron chi connectivity index (χ3n) is 3.05. The summed E-state index contributed by atoms with van der Waals surface area (Å²) in [4.78, 5) is 0. The van der Waals surface area contributed by atoms with Gasteiger partial charge in [-0.15, -0.1) is 0 Å². The Morgan fingerprint density at radius 3 is 0.909 bits per heavy atom. The van der Waals surface area contributed by atoms with Crippen molar-refractivity contribution in [1.82, 2.24) is 0 Å². The third-order valence-corrected chi connectivity index (χ3v) is 10.3. The van der Waals surface area contributed by atoms with Crippen molar-refractivity contribution in [3.8, 4) is 0 Å². The molecule has 4 nitrogen and oxygen atoms in total. The van der Waals surface area contributed by atoms with Gasteiger partial charge >= 0.3 is 133 Å². The van der Waals surface area contributed by atoms with Crippen molar-refractivity contribution in [3.63, 3.8) is 0 Å². The quantitative estimate of drug-likeness (QED) is 0.196. The average Bonchev–Trinajstić information content (AvgIpc) is 2.43. The zero-order chi connectivity index (χ0) is 14.5. The first-order valence-electron chi connectivity index (χ1n) is 7.28. The largest absolute Gasteiger partial charge is 1.00 e. The van der Waals surface area contributed by atoms with Gasteiger partial charge in [-0.2, -0.15) is 0 Å². The van der Waals surface area contributed by atoms with Crippen molar-refractivity contribution in [2.75, 3.05) is 52.9 Å². The second kappa shape index (κ2) is 19.7. The smallest absolute Gasteiger partial charge is 1.00 e. The van der Waals surface area contributed by atoms with Crippen LogP contribution in [0.5, 0.6) is 0 Å². The molecule has 0 N–H and O–H groups in total. The molecule has 8 heteroatoms. The molecule has 0 aromatic heterocycles. The minimum atomic E-state index is -0.519. The van der Waals surface area contributed by atoms with Crippen LogP contribution in [0.2, 0.25) is 32.9 Å². The van der Waals surface area contributed by atoms with Crippen LogP contribution in [0.3, 0.4) is 0 Å². The van der Waals surface area contributed by atoms with Crippen molar-refractivity contribution in [2.45, 2.75) is 32.9 Å². The molecule has 0 unspecified atom stereocenters. The molecule has 1 saturated heterocycles. The summed E-state index contributed by atoms with van der Waals surface area (Å²) in [6, 6.07) is 0. The van der Waals surface area contributed by atoms with E-state index in [9.17, 15) is 0 Å². The summed E-state index contributed by atoms with van der Waals surface area (Å²) in [5.41, 5.74) is 0. The molecule has 0 saturated carbocycles. The maximum absolute atomic E-state index is 5.63. The minimum absolute atomic E-state index is 0. The second-order valence-electron chi connectivity index (χ2n) is 4.83. The van der Waals surface area contributed by atoms with E-state index in [1.54, 1.807) is 0 Å². The molecule has 22 heavy (non-hydrogen) atoms. The van der Waals surface area contributed by atoms with Crippen LogP contribution in [0.15, 0.2) is 0 Å². The first kappa shape index (κ1) is 26.6.